The lowest BCUT2D eigenvalue weighted by molar-refractivity contribution is -0.168. The summed E-state index contributed by atoms with van der Waals surface area (Å²) in [6, 6.07) is 10.1. The van der Waals surface area contributed by atoms with Crippen molar-refractivity contribution in [3.8, 4) is 5.75 Å². The lowest BCUT2D eigenvalue weighted by Crippen LogP contribution is -2.66. The van der Waals surface area contributed by atoms with Gasteiger partial charge in [0.1, 0.15) is 11.4 Å². The maximum Gasteiger partial charge on any atom is 0.227 e. The molecule has 6 heteroatoms. The molecule has 30 heavy (non-hydrogen) atoms. The minimum Gasteiger partial charge on any atom is -0.493 e. The summed E-state index contributed by atoms with van der Waals surface area (Å²) >= 11 is 0. The molecule has 2 aromatic rings. The lowest BCUT2D eigenvalue weighted by Gasteiger charge is -2.50. The number of ether oxygens (including phenoxy) is 3. The third-order valence-electron chi connectivity index (χ3n) is 6.53. The van der Waals surface area contributed by atoms with Crippen LogP contribution in [0, 0.1) is 5.92 Å². The first-order valence-electron chi connectivity index (χ1n) is 10.8. The van der Waals surface area contributed by atoms with Gasteiger partial charge in [-0.1, -0.05) is 12.1 Å². The highest BCUT2D eigenvalue weighted by molar-refractivity contribution is 5.80. The van der Waals surface area contributed by atoms with E-state index in [1.54, 1.807) is 12.4 Å². The smallest absolute Gasteiger partial charge is 0.227 e. The fourth-order valence-corrected chi connectivity index (χ4v) is 4.75. The number of aromatic nitrogens is 1. The number of fused-ring (bicyclic) bond motifs is 1. The van der Waals surface area contributed by atoms with E-state index in [1.165, 1.54) is 5.56 Å². The maximum absolute atomic E-state index is 12.8. The second-order valence-electron chi connectivity index (χ2n) is 8.59. The van der Waals surface area contributed by atoms with Crippen LogP contribution >= 0.6 is 0 Å². The Bertz CT molecular complexity index is 895. The second kappa shape index (κ2) is 8.36. The first kappa shape index (κ1) is 19.5. The van der Waals surface area contributed by atoms with Crippen molar-refractivity contribution in [1.29, 1.82) is 0 Å². The predicted molar refractivity (Wildman–Crippen MR) is 111 cm³/mol. The number of amides is 1. The van der Waals surface area contributed by atoms with Gasteiger partial charge in [-0.15, -0.1) is 0 Å². The Morgan fingerprint density at radius 2 is 2.03 bits per heavy atom. The number of benzene rings is 1. The fourth-order valence-electron chi connectivity index (χ4n) is 4.75. The molecule has 0 bridgehead atoms. The van der Waals surface area contributed by atoms with Gasteiger partial charge in [-0.05, 0) is 54.2 Å². The Balaban J connectivity index is 1.13. The van der Waals surface area contributed by atoms with Crippen LogP contribution in [0.1, 0.15) is 29.5 Å². The third kappa shape index (κ3) is 3.94. The van der Waals surface area contributed by atoms with Crippen LogP contribution in [0.4, 0.5) is 0 Å². The fraction of sp³-hybridized carbons (Fsp3) is 0.500. The quantitative estimate of drug-likeness (QED) is 0.736. The van der Waals surface area contributed by atoms with Crippen molar-refractivity contribution in [1.82, 2.24) is 9.88 Å². The summed E-state index contributed by atoms with van der Waals surface area (Å²) in [5, 5.41) is 0. The zero-order valence-corrected chi connectivity index (χ0v) is 17.2. The molecule has 4 heterocycles. The SMILES string of the molecule is O=C(Cc1ccc2c(c1)CCCO2)N1CC2(C1)OCC[C@H]2COCc1ccncc1. The molecule has 1 aromatic carbocycles. The third-order valence-corrected chi connectivity index (χ3v) is 6.53. The van der Waals surface area contributed by atoms with Gasteiger partial charge >= 0.3 is 0 Å². The zero-order chi connectivity index (χ0) is 20.4. The van der Waals surface area contributed by atoms with E-state index in [2.05, 4.69) is 11.1 Å². The van der Waals surface area contributed by atoms with Crippen LogP contribution in [0.25, 0.3) is 0 Å². The average molecular weight is 408 g/mol. The van der Waals surface area contributed by atoms with Gasteiger partial charge in [-0.2, -0.15) is 0 Å². The minimum absolute atomic E-state index is 0.171. The molecule has 0 N–H and O–H groups in total. The summed E-state index contributed by atoms with van der Waals surface area (Å²) in [5.74, 6) is 1.47. The highest BCUT2D eigenvalue weighted by atomic mass is 16.5. The second-order valence-corrected chi connectivity index (χ2v) is 8.59. The maximum atomic E-state index is 12.8. The van der Waals surface area contributed by atoms with E-state index < -0.39 is 0 Å². The van der Waals surface area contributed by atoms with Gasteiger partial charge in [0.2, 0.25) is 5.91 Å². The molecule has 6 nitrogen and oxygen atoms in total. The first-order chi connectivity index (χ1) is 14.7. The van der Waals surface area contributed by atoms with Gasteiger partial charge in [0.05, 0.1) is 39.3 Å². The molecule has 1 amide bonds. The summed E-state index contributed by atoms with van der Waals surface area (Å²) in [6.45, 7) is 4.12. The molecule has 1 atom stereocenters. The minimum atomic E-state index is -0.225. The molecular weight excluding hydrogens is 380 g/mol. The van der Waals surface area contributed by atoms with Crippen LogP contribution in [0.2, 0.25) is 0 Å². The first-order valence-corrected chi connectivity index (χ1v) is 10.8. The summed E-state index contributed by atoms with van der Waals surface area (Å²) in [7, 11) is 0. The van der Waals surface area contributed by atoms with Crippen molar-refractivity contribution >= 4 is 5.91 Å². The standard InChI is InChI=1S/C24H28N2O4/c27-23(13-19-3-4-22-20(12-19)2-1-10-29-22)26-16-24(17-26)21(7-11-30-24)15-28-14-18-5-8-25-9-6-18/h3-6,8-9,12,21H,1-2,7,10-11,13-17H2/t21-/m0/s1. The molecular formula is C24H28N2O4. The van der Waals surface area contributed by atoms with Gasteiger partial charge in [-0.25, -0.2) is 0 Å². The zero-order valence-electron chi connectivity index (χ0n) is 17.2. The van der Waals surface area contributed by atoms with Crippen LogP contribution in [0.5, 0.6) is 5.75 Å². The van der Waals surface area contributed by atoms with E-state index in [9.17, 15) is 4.79 Å². The van der Waals surface area contributed by atoms with E-state index in [0.717, 1.165) is 49.4 Å². The number of hydrogen-bond acceptors (Lipinski definition) is 5. The number of pyridine rings is 1. The molecule has 0 unspecified atom stereocenters. The molecule has 0 saturated carbocycles. The van der Waals surface area contributed by atoms with E-state index in [-0.39, 0.29) is 11.5 Å². The molecule has 0 radical (unpaired) electrons. The van der Waals surface area contributed by atoms with Crippen molar-refractivity contribution in [2.45, 2.75) is 37.9 Å². The Morgan fingerprint density at radius 3 is 2.90 bits per heavy atom. The van der Waals surface area contributed by atoms with Crippen LogP contribution in [0.15, 0.2) is 42.7 Å². The predicted octanol–water partition coefficient (Wildman–Crippen LogP) is 2.78. The Hall–Kier alpha value is -2.44. The molecule has 1 spiro atoms. The van der Waals surface area contributed by atoms with Crippen molar-refractivity contribution in [3.05, 3.63) is 59.4 Å². The number of likely N-dealkylation sites (tertiary alicyclic amines) is 1. The molecule has 2 fully saturated rings. The molecule has 1 aromatic heterocycles. The number of carbonyl (C=O) groups is 1. The van der Waals surface area contributed by atoms with Crippen LogP contribution < -0.4 is 4.74 Å². The number of rotatable bonds is 6. The Morgan fingerprint density at radius 1 is 1.17 bits per heavy atom. The average Bonchev–Trinajstić information content (AvgIpc) is 3.17. The molecule has 2 saturated heterocycles. The Labute approximate surface area is 177 Å². The highest BCUT2D eigenvalue weighted by Gasteiger charge is 2.54. The summed E-state index contributed by atoms with van der Waals surface area (Å²) in [5.41, 5.74) is 3.18. The normalized spacial score (nSPS) is 21.7. The lowest BCUT2D eigenvalue weighted by atomic mass is 9.81. The monoisotopic (exact) mass is 408 g/mol. The van der Waals surface area contributed by atoms with Crippen LogP contribution in [-0.4, -0.2) is 54.3 Å². The topological polar surface area (TPSA) is 60.9 Å². The van der Waals surface area contributed by atoms with Crippen molar-refractivity contribution in [3.63, 3.8) is 0 Å². The largest absolute Gasteiger partial charge is 0.493 e. The molecule has 3 aliphatic heterocycles. The van der Waals surface area contributed by atoms with Crippen molar-refractivity contribution < 1.29 is 19.0 Å². The highest BCUT2D eigenvalue weighted by Crippen LogP contribution is 2.40. The summed E-state index contributed by atoms with van der Waals surface area (Å²) in [4.78, 5) is 18.8. The van der Waals surface area contributed by atoms with Gasteiger partial charge in [-0.3, -0.25) is 9.78 Å². The van der Waals surface area contributed by atoms with Crippen LogP contribution in [0.3, 0.4) is 0 Å². The number of hydrogen-bond donors (Lipinski definition) is 0. The number of aryl methyl sites for hydroxylation is 1. The molecule has 3 aliphatic rings. The van der Waals surface area contributed by atoms with Gasteiger partial charge in [0.25, 0.3) is 0 Å². The number of carbonyl (C=O) groups excluding carboxylic acids is 1. The van der Waals surface area contributed by atoms with Gasteiger partial charge in [0.15, 0.2) is 0 Å². The van der Waals surface area contributed by atoms with E-state index >= 15 is 0 Å². The van der Waals surface area contributed by atoms with Crippen molar-refractivity contribution in [2.75, 3.05) is 32.9 Å². The van der Waals surface area contributed by atoms with Gasteiger partial charge < -0.3 is 19.1 Å². The van der Waals surface area contributed by atoms with Crippen molar-refractivity contribution in [2.24, 2.45) is 5.92 Å². The van der Waals surface area contributed by atoms with Gasteiger partial charge in [0, 0.05) is 24.9 Å². The van der Waals surface area contributed by atoms with Crippen LogP contribution in [-0.2, 0) is 33.7 Å². The van der Waals surface area contributed by atoms with E-state index in [1.807, 2.05) is 29.2 Å². The Kier molecular flexibility index (Phi) is 5.44. The van der Waals surface area contributed by atoms with E-state index in [0.29, 0.717) is 38.6 Å². The number of nitrogens with zero attached hydrogens (tertiary/aromatic N) is 2. The molecule has 5 rings (SSSR count). The summed E-state index contributed by atoms with van der Waals surface area (Å²) < 4.78 is 17.7. The molecule has 0 aliphatic carbocycles. The van der Waals surface area contributed by atoms with E-state index in [4.69, 9.17) is 14.2 Å². The summed E-state index contributed by atoms with van der Waals surface area (Å²) in [6.07, 6.45) is 7.06. The molecule has 158 valence electrons.